The van der Waals surface area contributed by atoms with Crippen LogP contribution in [0.2, 0.25) is 0 Å². The third kappa shape index (κ3) is 3.70. The number of rotatable bonds is 6. The number of aliphatic hydroxyl groups excluding tert-OH is 2. The molecule has 0 unspecified atom stereocenters. The Bertz CT molecular complexity index is 825. The summed E-state index contributed by atoms with van der Waals surface area (Å²) in [5.41, 5.74) is 0.956. The first-order chi connectivity index (χ1) is 13.0. The molecule has 2 fully saturated rings. The first-order valence-electron chi connectivity index (χ1n) is 8.77. The molecule has 0 aromatic carbocycles. The molecule has 0 radical (unpaired) electrons. The van der Waals surface area contributed by atoms with Gasteiger partial charge in [0.1, 0.15) is 31.2 Å². The van der Waals surface area contributed by atoms with E-state index in [1.165, 1.54) is 30.1 Å². The molecule has 1 saturated carbocycles. The molecule has 2 aromatic heterocycles. The van der Waals surface area contributed by atoms with Gasteiger partial charge in [-0.3, -0.25) is 4.57 Å². The third-order valence-electron chi connectivity index (χ3n) is 5.01. The number of anilines is 1. The average Bonchev–Trinajstić information content (AvgIpc) is 3.36. The summed E-state index contributed by atoms with van der Waals surface area (Å²) in [6.45, 7) is -0.488. The highest BCUT2D eigenvalue weighted by Crippen LogP contribution is 2.33. The standard InChI is InChI=1S/C15H20N6O6.CH4/c22-11-9(5-26-21(24)25)27-15(12(11)23)20-7-18-10-13(16-6-17-14(10)20)19-8-3-1-2-4-8;/h6-9,11-12,15,22-23H,1-5H2,(H,16,17,19);1H4/t9-,11-,12-,15-;/m1./s1. The van der Waals surface area contributed by atoms with Crippen molar-refractivity contribution in [3.63, 3.8) is 0 Å². The Morgan fingerprint density at radius 3 is 2.75 bits per heavy atom. The van der Waals surface area contributed by atoms with Crippen molar-refractivity contribution in [3.8, 4) is 0 Å². The number of nitrogens with zero attached hydrogens (tertiary/aromatic N) is 5. The zero-order chi connectivity index (χ0) is 19.0. The fraction of sp³-hybridized carbons (Fsp3) is 0.688. The highest BCUT2D eigenvalue weighted by atomic mass is 17.0. The lowest BCUT2D eigenvalue weighted by Gasteiger charge is -2.17. The molecule has 4 atom stereocenters. The van der Waals surface area contributed by atoms with Gasteiger partial charge in [-0.25, -0.2) is 15.0 Å². The van der Waals surface area contributed by atoms with Gasteiger partial charge < -0.3 is 25.1 Å². The molecule has 12 nitrogen and oxygen atoms in total. The van der Waals surface area contributed by atoms with Crippen molar-refractivity contribution in [1.82, 2.24) is 19.5 Å². The summed E-state index contributed by atoms with van der Waals surface area (Å²) in [7, 11) is 0. The lowest BCUT2D eigenvalue weighted by molar-refractivity contribution is -0.759. The van der Waals surface area contributed by atoms with E-state index < -0.39 is 36.2 Å². The van der Waals surface area contributed by atoms with Crippen LogP contribution >= 0.6 is 0 Å². The summed E-state index contributed by atoms with van der Waals surface area (Å²) in [5, 5.41) is 33.2. The van der Waals surface area contributed by atoms with Crippen LogP contribution in [0.1, 0.15) is 39.3 Å². The van der Waals surface area contributed by atoms with Crippen LogP contribution < -0.4 is 5.32 Å². The molecular weight excluding hydrogens is 372 g/mol. The summed E-state index contributed by atoms with van der Waals surface area (Å²) in [4.78, 5) is 27.4. The fourth-order valence-electron chi connectivity index (χ4n) is 3.64. The number of aromatic nitrogens is 4. The van der Waals surface area contributed by atoms with Crippen molar-refractivity contribution in [2.45, 2.75) is 63.7 Å². The molecule has 154 valence electrons. The molecule has 1 aliphatic carbocycles. The number of hydrogen-bond acceptors (Lipinski definition) is 10. The maximum atomic E-state index is 10.4. The first kappa shape index (κ1) is 20.2. The van der Waals surface area contributed by atoms with Gasteiger partial charge in [0.2, 0.25) is 0 Å². The van der Waals surface area contributed by atoms with Crippen LogP contribution in [0, 0.1) is 10.1 Å². The van der Waals surface area contributed by atoms with Crippen LogP contribution in [-0.4, -0.2) is 65.8 Å². The van der Waals surface area contributed by atoms with E-state index in [0.717, 1.165) is 12.8 Å². The van der Waals surface area contributed by atoms with E-state index in [2.05, 4.69) is 25.1 Å². The van der Waals surface area contributed by atoms with Crippen molar-refractivity contribution >= 4 is 17.0 Å². The van der Waals surface area contributed by atoms with Crippen molar-refractivity contribution < 1.29 is 24.9 Å². The second-order valence-corrected chi connectivity index (χ2v) is 6.74. The van der Waals surface area contributed by atoms with Crippen molar-refractivity contribution in [3.05, 3.63) is 22.8 Å². The van der Waals surface area contributed by atoms with E-state index in [0.29, 0.717) is 23.0 Å². The number of fused-ring (bicyclic) bond motifs is 1. The molecule has 3 N–H and O–H groups in total. The minimum Gasteiger partial charge on any atom is -0.387 e. The number of ether oxygens (including phenoxy) is 1. The molecule has 2 aromatic rings. The zero-order valence-electron chi connectivity index (χ0n) is 14.3. The molecule has 0 bridgehead atoms. The minimum absolute atomic E-state index is 0. The highest BCUT2D eigenvalue weighted by Gasteiger charge is 2.44. The van der Waals surface area contributed by atoms with E-state index in [-0.39, 0.29) is 7.43 Å². The average molecular weight is 396 g/mol. The van der Waals surface area contributed by atoms with Crippen molar-refractivity contribution in [1.29, 1.82) is 0 Å². The van der Waals surface area contributed by atoms with E-state index in [1.54, 1.807) is 0 Å². The first-order valence-corrected chi connectivity index (χ1v) is 8.77. The van der Waals surface area contributed by atoms with Gasteiger partial charge in [0.25, 0.3) is 5.09 Å². The predicted octanol–water partition coefficient (Wildman–Crippen LogP) is 0.644. The van der Waals surface area contributed by atoms with Crippen molar-refractivity contribution in [2.24, 2.45) is 0 Å². The van der Waals surface area contributed by atoms with Gasteiger partial charge in [0, 0.05) is 6.04 Å². The normalized spacial score (nSPS) is 27.6. The van der Waals surface area contributed by atoms with Gasteiger partial charge in [-0.2, -0.15) is 0 Å². The van der Waals surface area contributed by atoms with Gasteiger partial charge in [-0.05, 0) is 12.8 Å². The molecular formula is C16H24N6O6. The number of nitrogens with one attached hydrogen (secondary N) is 1. The van der Waals surface area contributed by atoms with Crippen LogP contribution in [-0.2, 0) is 9.57 Å². The number of hydrogen-bond donors (Lipinski definition) is 3. The second kappa shape index (κ2) is 8.20. The maximum absolute atomic E-state index is 10.4. The van der Waals surface area contributed by atoms with Crippen molar-refractivity contribution in [2.75, 3.05) is 11.9 Å². The molecule has 0 amide bonds. The van der Waals surface area contributed by atoms with E-state index in [4.69, 9.17) is 4.74 Å². The summed E-state index contributed by atoms with van der Waals surface area (Å²) in [6.07, 6.45) is 2.61. The largest absolute Gasteiger partial charge is 0.387 e. The van der Waals surface area contributed by atoms with Gasteiger partial charge >= 0.3 is 0 Å². The number of aliphatic hydroxyl groups is 2. The van der Waals surface area contributed by atoms with Crippen LogP contribution in [0.15, 0.2) is 12.7 Å². The monoisotopic (exact) mass is 396 g/mol. The lowest BCUT2D eigenvalue weighted by atomic mass is 10.1. The third-order valence-corrected chi connectivity index (χ3v) is 5.01. The van der Waals surface area contributed by atoms with Gasteiger partial charge in [0.05, 0.1) is 6.33 Å². The molecule has 2 aliphatic rings. The van der Waals surface area contributed by atoms with Gasteiger partial charge in [0.15, 0.2) is 23.2 Å². The molecule has 12 heteroatoms. The van der Waals surface area contributed by atoms with Crippen LogP contribution in [0.4, 0.5) is 5.82 Å². The van der Waals surface area contributed by atoms with Gasteiger partial charge in [-0.15, -0.1) is 10.1 Å². The summed E-state index contributed by atoms with van der Waals surface area (Å²) in [5.74, 6) is 0.604. The maximum Gasteiger partial charge on any atom is 0.294 e. The molecule has 1 aliphatic heterocycles. The topological polar surface area (TPSA) is 158 Å². The Labute approximate surface area is 160 Å². The lowest BCUT2D eigenvalue weighted by Crippen LogP contribution is -2.34. The summed E-state index contributed by atoms with van der Waals surface area (Å²) in [6, 6.07) is 0.340. The quantitative estimate of drug-likeness (QED) is 0.467. The van der Waals surface area contributed by atoms with Crippen LogP contribution in [0.25, 0.3) is 11.2 Å². The Hall–Kier alpha value is -2.57. The summed E-state index contributed by atoms with van der Waals surface area (Å²) >= 11 is 0. The molecule has 4 rings (SSSR count). The van der Waals surface area contributed by atoms with E-state index in [9.17, 15) is 20.3 Å². The predicted molar refractivity (Wildman–Crippen MR) is 96.8 cm³/mol. The Balaban J connectivity index is 0.00000225. The SMILES string of the molecule is C.O=[N+]([O-])OC[C@H]1O[C@@H](n2cnc3c(NC4CCCC4)ncnc32)[C@H](O)[C@@H]1O. The molecule has 3 heterocycles. The zero-order valence-corrected chi connectivity index (χ0v) is 14.3. The Morgan fingerprint density at radius 1 is 1.29 bits per heavy atom. The Kier molecular flexibility index (Phi) is 5.91. The van der Waals surface area contributed by atoms with E-state index in [1.807, 2.05) is 0 Å². The summed E-state index contributed by atoms with van der Waals surface area (Å²) < 4.78 is 7.06. The van der Waals surface area contributed by atoms with E-state index >= 15 is 0 Å². The highest BCUT2D eigenvalue weighted by molar-refractivity contribution is 5.82. The number of imidazole rings is 1. The molecule has 1 saturated heterocycles. The molecule has 0 spiro atoms. The van der Waals surface area contributed by atoms with Gasteiger partial charge in [-0.1, -0.05) is 20.3 Å². The molecule has 28 heavy (non-hydrogen) atoms. The minimum atomic E-state index is -1.34. The second-order valence-electron chi connectivity index (χ2n) is 6.74. The van der Waals surface area contributed by atoms with Crippen LogP contribution in [0.5, 0.6) is 0 Å². The Morgan fingerprint density at radius 2 is 2.04 bits per heavy atom. The fourth-order valence-corrected chi connectivity index (χ4v) is 3.64. The smallest absolute Gasteiger partial charge is 0.294 e. The van der Waals surface area contributed by atoms with Crippen LogP contribution in [0.3, 0.4) is 0 Å².